The number of nitrogens with two attached hydrogens (primary N) is 1. The molecule has 0 spiro atoms. The fraction of sp³-hybridized carbons (Fsp3) is 0.267. The molecule has 2 N–H and O–H groups in total. The van der Waals surface area contributed by atoms with Crippen LogP contribution in [0.3, 0.4) is 0 Å². The van der Waals surface area contributed by atoms with Crippen LogP contribution in [-0.2, 0) is 19.1 Å². The maximum Gasteiger partial charge on any atom is 0.350 e. The minimum Gasteiger partial charge on any atom is -0.465 e. The molecule has 2 rings (SSSR count). The highest BCUT2D eigenvalue weighted by Gasteiger charge is 2.41. The Morgan fingerprint density at radius 1 is 1.43 bits per heavy atom. The first-order valence-electron chi connectivity index (χ1n) is 6.29. The summed E-state index contributed by atoms with van der Waals surface area (Å²) in [5.41, 5.74) is 6.27. The van der Waals surface area contributed by atoms with Crippen molar-refractivity contribution in [3.63, 3.8) is 0 Å². The van der Waals surface area contributed by atoms with Gasteiger partial charge in [-0.05, 0) is 5.56 Å². The molecule has 0 aromatic heterocycles. The number of benzene rings is 1. The second kappa shape index (κ2) is 6.09. The molecular formula is C15H14N2O4. The number of hydrogen-bond acceptors (Lipinski definition) is 6. The Hall–Kier alpha value is -2.81. The molecule has 0 bridgehead atoms. The van der Waals surface area contributed by atoms with Gasteiger partial charge in [0, 0.05) is 11.6 Å². The van der Waals surface area contributed by atoms with Crippen molar-refractivity contribution < 1.29 is 19.1 Å². The highest BCUT2D eigenvalue weighted by molar-refractivity contribution is 5.95. The van der Waals surface area contributed by atoms with Gasteiger partial charge in [-0.25, -0.2) is 4.79 Å². The standard InChI is InChI=1S/C15H14N2O4/c1-20-14(18)10(7-16)13(17)12-11(8-21-15(12)19)9-5-3-2-4-6-9/h2-6,11-12H,8,17H2,1H3/b13-10-/t11-,12+/m0/s1. The summed E-state index contributed by atoms with van der Waals surface area (Å²) in [5, 5.41) is 9.06. The molecule has 0 saturated carbocycles. The van der Waals surface area contributed by atoms with E-state index in [1.165, 1.54) is 0 Å². The quantitative estimate of drug-likeness (QED) is 0.502. The molecule has 1 saturated heterocycles. The lowest BCUT2D eigenvalue weighted by molar-refractivity contribution is -0.140. The lowest BCUT2D eigenvalue weighted by Gasteiger charge is -2.16. The Morgan fingerprint density at radius 2 is 2.10 bits per heavy atom. The number of carbonyl (C=O) groups excluding carboxylic acids is 2. The number of nitrogens with zero attached hydrogens (tertiary/aromatic N) is 1. The van der Waals surface area contributed by atoms with E-state index in [2.05, 4.69) is 4.74 Å². The van der Waals surface area contributed by atoms with Crippen molar-refractivity contribution in [1.82, 2.24) is 0 Å². The van der Waals surface area contributed by atoms with E-state index in [-0.39, 0.29) is 23.8 Å². The summed E-state index contributed by atoms with van der Waals surface area (Å²) in [7, 11) is 1.15. The topological polar surface area (TPSA) is 102 Å². The van der Waals surface area contributed by atoms with Crippen LogP contribution in [-0.4, -0.2) is 25.7 Å². The summed E-state index contributed by atoms with van der Waals surface area (Å²) in [6, 6.07) is 10.9. The number of nitriles is 1. The van der Waals surface area contributed by atoms with Crippen LogP contribution >= 0.6 is 0 Å². The summed E-state index contributed by atoms with van der Waals surface area (Å²) in [5.74, 6) is -2.59. The van der Waals surface area contributed by atoms with Crippen LogP contribution in [0.2, 0.25) is 0 Å². The van der Waals surface area contributed by atoms with Crippen LogP contribution in [0.15, 0.2) is 41.6 Å². The molecule has 1 aliphatic heterocycles. The van der Waals surface area contributed by atoms with Gasteiger partial charge in [-0.15, -0.1) is 0 Å². The van der Waals surface area contributed by atoms with E-state index < -0.39 is 17.9 Å². The Bertz CT molecular complexity index is 631. The number of ether oxygens (including phenoxy) is 2. The summed E-state index contributed by atoms with van der Waals surface area (Å²) in [6.07, 6.45) is 0. The molecule has 6 heteroatoms. The van der Waals surface area contributed by atoms with Crippen LogP contribution in [0.1, 0.15) is 11.5 Å². The molecule has 2 atom stereocenters. The molecular weight excluding hydrogens is 272 g/mol. The average Bonchev–Trinajstić information content (AvgIpc) is 2.90. The zero-order valence-electron chi connectivity index (χ0n) is 11.4. The second-order valence-electron chi connectivity index (χ2n) is 4.56. The van der Waals surface area contributed by atoms with Crippen molar-refractivity contribution in [1.29, 1.82) is 5.26 Å². The van der Waals surface area contributed by atoms with E-state index in [1.54, 1.807) is 6.07 Å². The Morgan fingerprint density at radius 3 is 2.67 bits per heavy atom. The monoisotopic (exact) mass is 286 g/mol. The van der Waals surface area contributed by atoms with Gasteiger partial charge < -0.3 is 15.2 Å². The van der Waals surface area contributed by atoms with Gasteiger partial charge in [0.2, 0.25) is 0 Å². The molecule has 21 heavy (non-hydrogen) atoms. The number of hydrogen-bond donors (Lipinski definition) is 1. The third-order valence-corrected chi connectivity index (χ3v) is 3.41. The van der Waals surface area contributed by atoms with E-state index in [0.29, 0.717) is 0 Å². The molecule has 1 aromatic rings. The van der Waals surface area contributed by atoms with E-state index in [0.717, 1.165) is 12.7 Å². The van der Waals surface area contributed by atoms with Crippen LogP contribution in [0.4, 0.5) is 0 Å². The smallest absolute Gasteiger partial charge is 0.350 e. The van der Waals surface area contributed by atoms with Crippen LogP contribution in [0.25, 0.3) is 0 Å². The van der Waals surface area contributed by atoms with E-state index in [1.807, 2.05) is 30.3 Å². The number of esters is 2. The van der Waals surface area contributed by atoms with E-state index in [9.17, 15) is 9.59 Å². The maximum atomic E-state index is 11.9. The maximum absolute atomic E-state index is 11.9. The second-order valence-corrected chi connectivity index (χ2v) is 4.56. The van der Waals surface area contributed by atoms with Crippen LogP contribution < -0.4 is 5.73 Å². The third kappa shape index (κ3) is 2.72. The number of methoxy groups -OCH3 is 1. The third-order valence-electron chi connectivity index (χ3n) is 3.41. The molecule has 0 aliphatic carbocycles. The summed E-state index contributed by atoms with van der Waals surface area (Å²) in [4.78, 5) is 23.5. The SMILES string of the molecule is COC(=O)/C(C#N)=C(\N)[C@@H]1C(=O)OC[C@H]1c1ccccc1. The van der Waals surface area contributed by atoms with Crippen molar-refractivity contribution in [3.8, 4) is 6.07 Å². The Labute approximate surface area is 121 Å². The first-order valence-corrected chi connectivity index (χ1v) is 6.29. The molecule has 0 amide bonds. The number of carbonyl (C=O) groups is 2. The van der Waals surface area contributed by atoms with Crippen molar-refractivity contribution in [2.75, 3.05) is 13.7 Å². The van der Waals surface area contributed by atoms with Gasteiger partial charge in [-0.2, -0.15) is 5.26 Å². The highest BCUT2D eigenvalue weighted by atomic mass is 16.5. The average molecular weight is 286 g/mol. The summed E-state index contributed by atoms with van der Waals surface area (Å²) >= 11 is 0. The van der Waals surface area contributed by atoms with Gasteiger partial charge in [0.05, 0.1) is 13.7 Å². The van der Waals surface area contributed by atoms with Gasteiger partial charge in [0.15, 0.2) is 5.57 Å². The fourth-order valence-electron chi connectivity index (χ4n) is 2.34. The first kappa shape index (κ1) is 14.6. The lowest BCUT2D eigenvalue weighted by Crippen LogP contribution is -2.26. The minimum atomic E-state index is -0.860. The molecule has 1 aromatic carbocycles. The normalized spacial score (nSPS) is 22.0. The molecule has 1 aliphatic rings. The van der Waals surface area contributed by atoms with Gasteiger partial charge >= 0.3 is 11.9 Å². The fourth-order valence-corrected chi connectivity index (χ4v) is 2.34. The summed E-state index contributed by atoms with van der Waals surface area (Å²) < 4.78 is 9.56. The predicted molar refractivity (Wildman–Crippen MR) is 72.5 cm³/mol. The molecule has 108 valence electrons. The van der Waals surface area contributed by atoms with Gasteiger partial charge in [0.25, 0.3) is 0 Å². The Kier molecular flexibility index (Phi) is 4.24. The highest BCUT2D eigenvalue weighted by Crippen LogP contribution is 2.35. The lowest BCUT2D eigenvalue weighted by atomic mass is 9.85. The largest absolute Gasteiger partial charge is 0.465 e. The molecule has 1 fully saturated rings. The molecule has 6 nitrogen and oxygen atoms in total. The summed E-state index contributed by atoms with van der Waals surface area (Å²) in [6.45, 7) is 0.161. The zero-order valence-corrected chi connectivity index (χ0v) is 11.4. The molecule has 0 radical (unpaired) electrons. The van der Waals surface area contributed by atoms with Crippen LogP contribution in [0.5, 0.6) is 0 Å². The van der Waals surface area contributed by atoms with E-state index in [4.69, 9.17) is 15.7 Å². The molecule has 1 heterocycles. The molecule has 0 unspecified atom stereocenters. The van der Waals surface area contributed by atoms with Crippen molar-refractivity contribution in [2.24, 2.45) is 11.7 Å². The van der Waals surface area contributed by atoms with E-state index >= 15 is 0 Å². The van der Waals surface area contributed by atoms with Gasteiger partial charge in [0.1, 0.15) is 12.0 Å². The van der Waals surface area contributed by atoms with Gasteiger partial charge in [-0.1, -0.05) is 30.3 Å². The van der Waals surface area contributed by atoms with Crippen molar-refractivity contribution in [3.05, 3.63) is 47.2 Å². The Balaban J connectivity index is 2.44. The van der Waals surface area contributed by atoms with Crippen LogP contribution in [0, 0.1) is 17.2 Å². The zero-order chi connectivity index (χ0) is 15.4. The van der Waals surface area contributed by atoms with Crippen molar-refractivity contribution >= 4 is 11.9 Å². The predicted octanol–water partition coefficient (Wildman–Crippen LogP) is 0.853. The minimum absolute atomic E-state index is 0.110. The van der Waals surface area contributed by atoms with Crippen molar-refractivity contribution in [2.45, 2.75) is 5.92 Å². The number of rotatable bonds is 3. The first-order chi connectivity index (χ1) is 10.1. The number of cyclic esters (lactones) is 1. The van der Waals surface area contributed by atoms with Gasteiger partial charge in [-0.3, -0.25) is 4.79 Å².